The zero-order valence-electron chi connectivity index (χ0n) is 8.60. The van der Waals surface area contributed by atoms with Crippen LogP contribution >= 0.6 is 11.6 Å². The van der Waals surface area contributed by atoms with Crippen LogP contribution < -0.4 is 4.72 Å². The molecule has 0 radical (unpaired) electrons. The van der Waals surface area contributed by atoms with Crippen LogP contribution in [0.4, 0.5) is 4.39 Å². The van der Waals surface area contributed by atoms with Crippen molar-refractivity contribution in [2.75, 3.05) is 13.2 Å². The fraction of sp³-hybridized carbons (Fsp3) is 0.333. The summed E-state index contributed by atoms with van der Waals surface area (Å²) in [5, 5.41) is 17.4. The van der Waals surface area contributed by atoms with E-state index in [4.69, 9.17) is 21.8 Å². The van der Waals surface area contributed by atoms with Gasteiger partial charge in [0.1, 0.15) is 10.7 Å². The second-order valence-electron chi connectivity index (χ2n) is 3.26. The molecule has 1 atom stereocenters. The lowest BCUT2D eigenvalue weighted by molar-refractivity contribution is 0.0988. The van der Waals surface area contributed by atoms with Crippen LogP contribution in [0.1, 0.15) is 0 Å². The summed E-state index contributed by atoms with van der Waals surface area (Å²) in [7, 11) is -4.01. The third-order valence-electron chi connectivity index (χ3n) is 1.90. The van der Waals surface area contributed by atoms with Crippen molar-refractivity contribution >= 4 is 21.6 Å². The maximum atomic E-state index is 12.9. The Morgan fingerprint density at radius 2 is 2.12 bits per heavy atom. The molecule has 0 saturated heterocycles. The van der Waals surface area contributed by atoms with Crippen LogP contribution in [-0.4, -0.2) is 37.9 Å². The quantitative estimate of drug-likeness (QED) is 0.716. The molecule has 0 aromatic heterocycles. The molecule has 0 saturated carbocycles. The highest BCUT2D eigenvalue weighted by molar-refractivity contribution is 7.89. The van der Waals surface area contributed by atoms with E-state index in [1.807, 2.05) is 4.72 Å². The van der Waals surface area contributed by atoms with Crippen LogP contribution in [0.25, 0.3) is 0 Å². The number of halogens is 2. The van der Waals surface area contributed by atoms with Gasteiger partial charge in [-0.3, -0.25) is 0 Å². The molecule has 1 aromatic rings. The lowest BCUT2D eigenvalue weighted by atomic mass is 10.3. The summed E-state index contributed by atoms with van der Waals surface area (Å²) in [5.41, 5.74) is 0. The van der Waals surface area contributed by atoms with E-state index in [0.29, 0.717) is 0 Å². The topological polar surface area (TPSA) is 86.6 Å². The molecule has 3 N–H and O–H groups in total. The Labute approximate surface area is 103 Å². The van der Waals surface area contributed by atoms with E-state index in [1.165, 1.54) is 0 Å². The lowest BCUT2D eigenvalue weighted by Gasteiger charge is -2.10. The van der Waals surface area contributed by atoms with Gasteiger partial charge in [0.25, 0.3) is 0 Å². The monoisotopic (exact) mass is 283 g/mol. The third kappa shape index (κ3) is 3.90. The fourth-order valence-corrected chi connectivity index (χ4v) is 2.61. The molecule has 0 amide bonds. The van der Waals surface area contributed by atoms with Crippen LogP contribution in [0.5, 0.6) is 0 Å². The summed E-state index contributed by atoms with van der Waals surface area (Å²) in [4.78, 5) is -0.413. The number of hydrogen-bond acceptors (Lipinski definition) is 4. The molecule has 0 fully saturated rings. The Morgan fingerprint density at radius 1 is 1.47 bits per heavy atom. The van der Waals surface area contributed by atoms with Crippen molar-refractivity contribution in [2.24, 2.45) is 0 Å². The molecule has 96 valence electrons. The van der Waals surface area contributed by atoms with Crippen molar-refractivity contribution in [1.29, 1.82) is 0 Å². The number of rotatable bonds is 5. The largest absolute Gasteiger partial charge is 0.394 e. The molecular weight excluding hydrogens is 273 g/mol. The van der Waals surface area contributed by atoms with Gasteiger partial charge in [0.15, 0.2) is 0 Å². The first-order chi connectivity index (χ1) is 7.86. The summed E-state index contributed by atoms with van der Waals surface area (Å²) >= 11 is 5.63. The Kier molecular flexibility index (Phi) is 4.84. The summed E-state index contributed by atoms with van der Waals surface area (Å²) in [5.74, 6) is -0.738. The van der Waals surface area contributed by atoms with Gasteiger partial charge in [0, 0.05) is 6.54 Å². The Balaban J connectivity index is 2.93. The van der Waals surface area contributed by atoms with Gasteiger partial charge in [-0.15, -0.1) is 0 Å². The lowest BCUT2D eigenvalue weighted by Crippen LogP contribution is -2.34. The van der Waals surface area contributed by atoms with E-state index in [9.17, 15) is 12.8 Å². The number of benzene rings is 1. The Hall–Kier alpha value is -0.730. The Bertz CT molecular complexity index is 494. The molecular formula is C9H11ClFNO4S. The van der Waals surface area contributed by atoms with Crippen molar-refractivity contribution in [3.63, 3.8) is 0 Å². The number of aliphatic hydroxyl groups excluding tert-OH is 2. The highest BCUT2D eigenvalue weighted by atomic mass is 35.5. The molecule has 5 nitrogen and oxygen atoms in total. The van der Waals surface area contributed by atoms with Gasteiger partial charge < -0.3 is 10.2 Å². The molecule has 1 rings (SSSR count). The summed E-state index contributed by atoms with van der Waals surface area (Å²) in [6.45, 7) is -0.967. The van der Waals surface area contributed by atoms with Crippen molar-refractivity contribution in [3.05, 3.63) is 29.0 Å². The van der Waals surface area contributed by atoms with Gasteiger partial charge in [0.2, 0.25) is 10.0 Å². The number of sulfonamides is 1. The minimum atomic E-state index is -4.01. The van der Waals surface area contributed by atoms with Crippen molar-refractivity contribution in [1.82, 2.24) is 4.72 Å². The first kappa shape index (κ1) is 14.3. The maximum Gasteiger partial charge on any atom is 0.242 e. The van der Waals surface area contributed by atoms with Gasteiger partial charge >= 0.3 is 0 Å². The summed E-state index contributed by atoms with van der Waals surface area (Å²) < 4.78 is 38.2. The molecule has 8 heteroatoms. The van der Waals surface area contributed by atoms with Gasteiger partial charge in [-0.2, -0.15) is 0 Å². The van der Waals surface area contributed by atoms with E-state index >= 15 is 0 Å². The van der Waals surface area contributed by atoms with Gasteiger partial charge in [-0.25, -0.2) is 17.5 Å². The predicted octanol–water partition coefficient (Wildman–Crippen LogP) is 0.111. The first-order valence-electron chi connectivity index (χ1n) is 4.60. The zero-order valence-corrected chi connectivity index (χ0v) is 10.2. The molecule has 0 spiro atoms. The SMILES string of the molecule is O=S(=O)(NCC(O)CO)c1cc(F)ccc1Cl. The molecule has 1 aromatic carbocycles. The molecule has 0 aliphatic heterocycles. The summed E-state index contributed by atoms with van der Waals surface area (Å²) in [6.07, 6.45) is -1.22. The smallest absolute Gasteiger partial charge is 0.242 e. The van der Waals surface area contributed by atoms with Crippen molar-refractivity contribution < 1.29 is 23.0 Å². The number of hydrogen-bond donors (Lipinski definition) is 3. The Morgan fingerprint density at radius 3 is 2.71 bits per heavy atom. The van der Waals surface area contributed by atoms with Crippen LogP contribution in [-0.2, 0) is 10.0 Å². The fourth-order valence-electron chi connectivity index (χ4n) is 1.03. The zero-order chi connectivity index (χ0) is 13.1. The minimum absolute atomic E-state index is 0.127. The van der Waals surface area contributed by atoms with E-state index in [1.54, 1.807) is 0 Å². The molecule has 1 unspecified atom stereocenters. The molecule has 0 bridgehead atoms. The number of aliphatic hydroxyl groups is 2. The van der Waals surface area contributed by atoms with E-state index < -0.39 is 33.4 Å². The van der Waals surface area contributed by atoms with Gasteiger partial charge in [-0.05, 0) is 18.2 Å². The second-order valence-corrected chi connectivity index (χ2v) is 5.41. The van der Waals surface area contributed by atoms with Crippen LogP contribution in [0.15, 0.2) is 23.1 Å². The standard InChI is InChI=1S/C9H11ClFNO4S/c10-8-2-1-6(11)3-9(8)17(15,16)12-4-7(14)5-13/h1-3,7,12-14H,4-5H2. The van der Waals surface area contributed by atoms with Crippen LogP contribution in [0.2, 0.25) is 5.02 Å². The van der Waals surface area contributed by atoms with E-state index in [-0.39, 0.29) is 11.6 Å². The van der Waals surface area contributed by atoms with Crippen molar-refractivity contribution in [2.45, 2.75) is 11.0 Å². The highest BCUT2D eigenvalue weighted by Crippen LogP contribution is 2.21. The van der Waals surface area contributed by atoms with E-state index in [2.05, 4.69) is 0 Å². The van der Waals surface area contributed by atoms with Crippen molar-refractivity contribution in [3.8, 4) is 0 Å². The molecule has 0 aliphatic rings. The minimum Gasteiger partial charge on any atom is -0.394 e. The first-order valence-corrected chi connectivity index (χ1v) is 6.46. The van der Waals surface area contributed by atoms with Gasteiger partial charge in [0.05, 0.1) is 17.7 Å². The van der Waals surface area contributed by atoms with Crippen LogP contribution in [0, 0.1) is 5.82 Å². The normalized spacial score (nSPS) is 13.6. The van der Waals surface area contributed by atoms with Gasteiger partial charge in [-0.1, -0.05) is 11.6 Å². The molecule has 17 heavy (non-hydrogen) atoms. The molecule has 0 heterocycles. The second kappa shape index (κ2) is 5.74. The third-order valence-corrected chi connectivity index (χ3v) is 3.81. The maximum absolute atomic E-state index is 12.9. The average molecular weight is 284 g/mol. The van der Waals surface area contributed by atoms with E-state index in [0.717, 1.165) is 18.2 Å². The van der Waals surface area contributed by atoms with Crippen LogP contribution in [0.3, 0.4) is 0 Å². The number of nitrogens with one attached hydrogen (secondary N) is 1. The predicted molar refractivity (Wildman–Crippen MR) is 59.7 cm³/mol. The average Bonchev–Trinajstić information content (AvgIpc) is 2.29. The summed E-state index contributed by atoms with van der Waals surface area (Å²) in [6, 6.07) is 2.92. The highest BCUT2D eigenvalue weighted by Gasteiger charge is 2.19. The molecule has 0 aliphatic carbocycles.